The van der Waals surface area contributed by atoms with Crippen LogP contribution in [0.4, 0.5) is 0 Å². The normalized spacial score (nSPS) is 15.9. The van der Waals surface area contributed by atoms with Crippen LogP contribution < -0.4 is 0 Å². The second-order valence-electron chi connectivity index (χ2n) is 4.19. The predicted molar refractivity (Wildman–Crippen MR) is 79.6 cm³/mol. The van der Waals surface area contributed by atoms with E-state index in [-0.39, 0.29) is 22.5 Å². The molecule has 2 heterocycles. The van der Waals surface area contributed by atoms with Gasteiger partial charge in [0.25, 0.3) is 11.8 Å². The lowest BCUT2D eigenvalue weighted by molar-refractivity contribution is -0.133. The molecule has 0 aliphatic carbocycles. The van der Waals surface area contributed by atoms with Crippen LogP contribution in [0.3, 0.4) is 0 Å². The van der Waals surface area contributed by atoms with Crippen molar-refractivity contribution in [3.63, 3.8) is 0 Å². The van der Waals surface area contributed by atoms with E-state index in [0.717, 1.165) is 0 Å². The van der Waals surface area contributed by atoms with Gasteiger partial charge in [-0.05, 0) is 44.3 Å². The Bertz CT molecular complexity index is 555. The van der Waals surface area contributed by atoms with Gasteiger partial charge in [-0.25, -0.2) is 0 Å². The topological polar surface area (TPSA) is 53.5 Å². The second-order valence-corrected chi connectivity index (χ2v) is 4.56. The van der Waals surface area contributed by atoms with Crippen molar-refractivity contribution in [1.82, 2.24) is 14.8 Å². The van der Waals surface area contributed by atoms with Crippen LogP contribution in [0.25, 0.3) is 6.08 Å². The summed E-state index contributed by atoms with van der Waals surface area (Å²) < 4.78 is 0. The average Bonchev–Trinajstić information content (AvgIpc) is 2.46. The van der Waals surface area contributed by atoms with Gasteiger partial charge in [-0.3, -0.25) is 24.4 Å². The Hall–Kier alpha value is -2.08. The Kier molecular flexibility index (Phi) is 4.24. The molecule has 20 heavy (non-hydrogen) atoms. The number of pyridine rings is 1. The van der Waals surface area contributed by atoms with Crippen LogP contribution in [0.1, 0.15) is 19.5 Å². The third-order valence-electron chi connectivity index (χ3n) is 3.03. The molecule has 1 aliphatic heterocycles. The number of carbonyl (C=O) groups excluding carboxylic acids is 2. The second kappa shape index (κ2) is 5.92. The van der Waals surface area contributed by atoms with E-state index in [0.29, 0.717) is 18.8 Å². The van der Waals surface area contributed by atoms with Crippen LogP contribution in [0.15, 0.2) is 30.0 Å². The van der Waals surface area contributed by atoms with Gasteiger partial charge in [-0.2, -0.15) is 0 Å². The summed E-state index contributed by atoms with van der Waals surface area (Å²) in [7, 11) is 0. The highest BCUT2D eigenvalue weighted by Gasteiger charge is 2.37. The molecule has 1 aliphatic rings. The fraction of sp³-hybridized carbons (Fsp3) is 0.286. The fourth-order valence-corrected chi connectivity index (χ4v) is 2.42. The molecule has 5 nitrogen and oxygen atoms in total. The molecule has 1 saturated heterocycles. The summed E-state index contributed by atoms with van der Waals surface area (Å²) in [6, 6.07) is 5.32. The first kappa shape index (κ1) is 14.3. The van der Waals surface area contributed by atoms with Crippen molar-refractivity contribution in [2.75, 3.05) is 13.1 Å². The Morgan fingerprint density at radius 2 is 1.75 bits per heavy atom. The summed E-state index contributed by atoms with van der Waals surface area (Å²) in [5.41, 5.74) is 0.671. The Morgan fingerprint density at radius 1 is 1.15 bits per heavy atom. The van der Waals surface area contributed by atoms with E-state index in [1.54, 1.807) is 24.4 Å². The third-order valence-corrected chi connectivity index (χ3v) is 3.47. The number of hydrogen-bond donors (Lipinski definition) is 0. The van der Waals surface area contributed by atoms with Crippen LogP contribution in [-0.2, 0) is 9.59 Å². The first-order valence-electron chi connectivity index (χ1n) is 6.40. The van der Waals surface area contributed by atoms with Crippen LogP contribution >= 0.6 is 12.2 Å². The molecule has 0 unspecified atom stereocenters. The third kappa shape index (κ3) is 2.46. The maximum Gasteiger partial charge on any atom is 0.265 e. The van der Waals surface area contributed by atoms with Crippen molar-refractivity contribution in [2.24, 2.45) is 0 Å². The molecule has 0 spiro atoms. The molecule has 1 aromatic heterocycles. The van der Waals surface area contributed by atoms with E-state index in [1.807, 2.05) is 13.8 Å². The lowest BCUT2D eigenvalue weighted by Gasteiger charge is -2.35. The maximum atomic E-state index is 12.3. The fourth-order valence-electron chi connectivity index (χ4n) is 1.99. The number of nitrogens with zero attached hydrogens (tertiary/aromatic N) is 3. The Labute approximate surface area is 122 Å². The molecule has 6 heteroatoms. The summed E-state index contributed by atoms with van der Waals surface area (Å²) in [5, 5.41) is 0.267. The van der Waals surface area contributed by atoms with Crippen molar-refractivity contribution in [1.29, 1.82) is 0 Å². The minimum Gasteiger partial charge on any atom is -0.285 e. The first-order chi connectivity index (χ1) is 9.60. The van der Waals surface area contributed by atoms with Gasteiger partial charge in [0.1, 0.15) is 5.57 Å². The number of carbonyl (C=O) groups is 2. The standard InChI is InChI=1S/C14H15N3O2S/c1-3-16-12(18)11(9-10-7-5-6-8-15-10)13(19)17(4-2)14(16)20/h5-9H,3-4H2,1-2H3. The summed E-state index contributed by atoms with van der Waals surface area (Å²) in [4.78, 5) is 31.6. The zero-order chi connectivity index (χ0) is 14.7. The number of aromatic nitrogens is 1. The van der Waals surface area contributed by atoms with Gasteiger partial charge >= 0.3 is 0 Å². The zero-order valence-corrected chi connectivity index (χ0v) is 12.2. The molecule has 1 fully saturated rings. The minimum absolute atomic E-state index is 0.0981. The van der Waals surface area contributed by atoms with Gasteiger partial charge in [0, 0.05) is 19.3 Å². The van der Waals surface area contributed by atoms with Gasteiger partial charge in [-0.15, -0.1) is 0 Å². The molecule has 2 amide bonds. The molecule has 104 valence electrons. The van der Waals surface area contributed by atoms with Gasteiger partial charge in [0.2, 0.25) is 0 Å². The van der Waals surface area contributed by atoms with Gasteiger partial charge in [-0.1, -0.05) is 6.07 Å². The smallest absolute Gasteiger partial charge is 0.265 e. The summed E-state index contributed by atoms with van der Waals surface area (Å²) in [6.07, 6.45) is 3.13. The Morgan fingerprint density at radius 3 is 2.20 bits per heavy atom. The number of likely N-dealkylation sites (N-methyl/N-ethyl adjacent to an activating group) is 2. The van der Waals surface area contributed by atoms with E-state index < -0.39 is 0 Å². The molecule has 0 atom stereocenters. The van der Waals surface area contributed by atoms with Crippen molar-refractivity contribution < 1.29 is 9.59 Å². The van der Waals surface area contributed by atoms with Crippen LogP contribution in [-0.4, -0.2) is 44.8 Å². The van der Waals surface area contributed by atoms with E-state index in [4.69, 9.17) is 12.2 Å². The maximum absolute atomic E-state index is 12.3. The monoisotopic (exact) mass is 289 g/mol. The highest BCUT2D eigenvalue weighted by molar-refractivity contribution is 7.80. The molecule has 0 aromatic carbocycles. The van der Waals surface area contributed by atoms with Gasteiger partial charge in [0.05, 0.1) is 5.69 Å². The quantitative estimate of drug-likeness (QED) is 0.480. The number of thiocarbonyl (C=S) groups is 1. The molecular weight excluding hydrogens is 274 g/mol. The largest absolute Gasteiger partial charge is 0.285 e. The average molecular weight is 289 g/mol. The number of amides is 2. The van der Waals surface area contributed by atoms with Crippen LogP contribution in [0, 0.1) is 0 Å². The van der Waals surface area contributed by atoms with E-state index in [9.17, 15) is 9.59 Å². The van der Waals surface area contributed by atoms with Crippen LogP contribution in [0.2, 0.25) is 0 Å². The molecule has 0 N–H and O–H groups in total. The molecule has 0 radical (unpaired) electrons. The summed E-state index contributed by atoms with van der Waals surface area (Å²) in [6.45, 7) is 4.51. The van der Waals surface area contributed by atoms with Gasteiger partial charge in [0.15, 0.2) is 5.11 Å². The highest BCUT2D eigenvalue weighted by Crippen LogP contribution is 2.19. The van der Waals surface area contributed by atoms with E-state index in [1.165, 1.54) is 15.9 Å². The predicted octanol–water partition coefficient (Wildman–Crippen LogP) is 1.46. The van der Waals surface area contributed by atoms with Gasteiger partial charge < -0.3 is 0 Å². The van der Waals surface area contributed by atoms with Crippen molar-refractivity contribution in [3.8, 4) is 0 Å². The number of hydrogen-bond acceptors (Lipinski definition) is 4. The molecule has 1 aromatic rings. The SMILES string of the molecule is CCN1C(=O)C(=Cc2ccccn2)C(=O)N(CC)C1=S. The zero-order valence-electron chi connectivity index (χ0n) is 11.4. The van der Waals surface area contributed by atoms with Crippen molar-refractivity contribution >= 4 is 35.2 Å². The highest BCUT2D eigenvalue weighted by atomic mass is 32.1. The Balaban J connectivity index is 2.45. The first-order valence-corrected chi connectivity index (χ1v) is 6.81. The summed E-state index contributed by atoms with van der Waals surface area (Å²) >= 11 is 5.19. The minimum atomic E-state index is -0.363. The lowest BCUT2D eigenvalue weighted by atomic mass is 10.1. The summed E-state index contributed by atoms with van der Waals surface area (Å²) in [5.74, 6) is -0.726. The van der Waals surface area contributed by atoms with Crippen LogP contribution in [0.5, 0.6) is 0 Å². The lowest BCUT2D eigenvalue weighted by Crippen LogP contribution is -2.55. The van der Waals surface area contributed by atoms with E-state index >= 15 is 0 Å². The molecule has 0 bridgehead atoms. The molecular formula is C14H15N3O2S. The molecule has 2 rings (SSSR count). The van der Waals surface area contributed by atoms with Crippen molar-refractivity contribution in [2.45, 2.75) is 13.8 Å². The van der Waals surface area contributed by atoms with Crippen molar-refractivity contribution in [3.05, 3.63) is 35.7 Å². The molecule has 0 saturated carbocycles. The van der Waals surface area contributed by atoms with E-state index in [2.05, 4.69) is 4.98 Å². The number of rotatable bonds is 3.